The molecule has 7 rings (SSSR count). The normalized spacial score (nSPS) is 22.8. The van der Waals surface area contributed by atoms with Gasteiger partial charge in [0.15, 0.2) is 0 Å². The average Bonchev–Trinajstić information content (AvgIpc) is 3.85. The Labute approximate surface area is 472 Å². The number of aromatic hydroxyl groups is 1. The summed E-state index contributed by atoms with van der Waals surface area (Å²) in [7, 11) is 2.18. The number of nitrogens with two attached hydrogens (primary N) is 1. The van der Waals surface area contributed by atoms with Crippen LogP contribution < -0.4 is 48.3 Å². The predicted octanol–water partition coefficient (Wildman–Crippen LogP) is 3.05. The van der Waals surface area contributed by atoms with Crippen molar-refractivity contribution in [2.75, 3.05) is 12.3 Å². The van der Waals surface area contributed by atoms with Crippen LogP contribution in [0.15, 0.2) is 109 Å². The lowest BCUT2D eigenvalue weighted by molar-refractivity contribution is -0.143. The van der Waals surface area contributed by atoms with E-state index in [4.69, 9.17) is 5.73 Å². The highest BCUT2D eigenvalue weighted by Crippen LogP contribution is 2.39. The quantitative estimate of drug-likeness (QED) is 0.0500. The SMILES string of the molecule is CC(C)[C@H](NC(=O)[C@@H]1CSSC(C)(C)[C@H](NC(=O)[C@@H]2Cc3ccccc3CN2)C(=O)N[C@@H](Cc2ccccc2)C(=O)N[C@@H](Cc2c[nH]c3ccccc23)C(=O)N[C@@H](CCCCN)C(=O)N[C@@H](Cc2ccc(O)cc2)C(=O)N1)C(=O)O. The number of aromatic amines is 1. The molecular weight excluding hydrogens is 1060 g/mol. The van der Waals surface area contributed by atoms with Crippen molar-refractivity contribution in [2.24, 2.45) is 11.7 Å². The van der Waals surface area contributed by atoms with Gasteiger partial charge in [0.2, 0.25) is 41.4 Å². The summed E-state index contributed by atoms with van der Waals surface area (Å²) in [5.74, 6) is -7.33. The summed E-state index contributed by atoms with van der Waals surface area (Å²) in [6.45, 7) is 7.31. The number of carboxylic acids is 1. The summed E-state index contributed by atoms with van der Waals surface area (Å²) in [4.78, 5) is 119. The van der Waals surface area contributed by atoms with Crippen molar-refractivity contribution in [1.82, 2.24) is 47.5 Å². The second kappa shape index (κ2) is 28.1. The third-order valence-electron chi connectivity index (χ3n) is 14.3. The van der Waals surface area contributed by atoms with E-state index in [1.165, 1.54) is 12.1 Å². The Hall–Kier alpha value is -7.40. The molecule has 0 spiro atoms. The fourth-order valence-electron chi connectivity index (χ4n) is 9.66. The highest BCUT2D eigenvalue weighted by Gasteiger charge is 2.42. The van der Waals surface area contributed by atoms with E-state index in [1.54, 1.807) is 70.3 Å². The number of aromatic nitrogens is 1. The molecule has 2 aliphatic heterocycles. The highest BCUT2D eigenvalue weighted by molar-refractivity contribution is 8.77. The topological polar surface area (TPSA) is 315 Å². The lowest BCUT2D eigenvalue weighted by Gasteiger charge is -2.36. The number of amides is 7. The van der Waals surface area contributed by atoms with E-state index in [2.05, 4.69) is 47.5 Å². The van der Waals surface area contributed by atoms with Crippen LogP contribution in [0.2, 0.25) is 0 Å². The number of benzene rings is 4. The van der Waals surface area contributed by atoms with Gasteiger partial charge in [-0.1, -0.05) is 120 Å². The summed E-state index contributed by atoms with van der Waals surface area (Å²) in [5.41, 5.74) is 10.5. The lowest BCUT2D eigenvalue weighted by atomic mass is 9.94. The molecule has 1 saturated heterocycles. The number of H-pyrrole nitrogens is 1. The van der Waals surface area contributed by atoms with Gasteiger partial charge in [0, 0.05) is 53.4 Å². The maximum absolute atomic E-state index is 15.2. The van der Waals surface area contributed by atoms with Gasteiger partial charge in [0.1, 0.15) is 48.0 Å². The number of carbonyl (C=O) groups excluding carboxylic acids is 7. The molecule has 22 heteroatoms. The first-order chi connectivity index (χ1) is 38.3. The Balaban J connectivity index is 1.32. The zero-order valence-corrected chi connectivity index (χ0v) is 46.8. The molecule has 1 aromatic heterocycles. The minimum atomic E-state index is -1.45. The van der Waals surface area contributed by atoms with E-state index in [1.807, 2.05) is 54.6 Å². The first-order valence-corrected chi connectivity index (χ1v) is 29.1. The average molecular weight is 1130 g/mol. The molecule has 5 aromatic rings. The van der Waals surface area contributed by atoms with Gasteiger partial charge >= 0.3 is 5.97 Å². The van der Waals surface area contributed by atoms with Gasteiger partial charge in [0.05, 0.1) is 6.04 Å². The van der Waals surface area contributed by atoms with Crippen LogP contribution in [-0.2, 0) is 70.6 Å². The minimum Gasteiger partial charge on any atom is -0.508 e. The number of carbonyl (C=O) groups is 8. The predicted molar refractivity (Wildman–Crippen MR) is 308 cm³/mol. The van der Waals surface area contributed by atoms with E-state index >= 15 is 9.59 Å². The lowest BCUT2D eigenvalue weighted by Crippen LogP contribution is -2.63. The molecule has 0 unspecified atom stereocenters. The number of rotatable bonds is 16. The fourth-order valence-corrected chi connectivity index (χ4v) is 12.5. The maximum Gasteiger partial charge on any atom is 0.326 e. The van der Waals surface area contributed by atoms with Gasteiger partial charge in [-0.15, -0.1) is 0 Å². The molecule has 80 heavy (non-hydrogen) atoms. The largest absolute Gasteiger partial charge is 0.508 e. The molecule has 0 saturated carbocycles. The Morgan fingerprint density at radius 2 is 1.25 bits per heavy atom. The highest BCUT2D eigenvalue weighted by atomic mass is 33.1. The first-order valence-electron chi connectivity index (χ1n) is 26.8. The Morgan fingerprint density at radius 3 is 1.91 bits per heavy atom. The number of hydrogen-bond donors (Lipinski definition) is 12. The second-order valence-corrected chi connectivity index (χ2v) is 24.1. The molecule has 3 heterocycles. The fraction of sp³-hybridized carbons (Fsp3) is 0.414. The van der Waals surface area contributed by atoms with Gasteiger partial charge < -0.3 is 63.5 Å². The molecule has 0 radical (unpaired) electrons. The van der Waals surface area contributed by atoms with Gasteiger partial charge in [0.25, 0.3) is 0 Å². The van der Waals surface area contributed by atoms with Crippen LogP contribution in [0.5, 0.6) is 5.75 Å². The number of unbranched alkanes of at least 4 members (excludes halogenated alkanes) is 1. The van der Waals surface area contributed by atoms with Crippen molar-refractivity contribution < 1.29 is 48.6 Å². The molecule has 4 aromatic carbocycles. The zero-order chi connectivity index (χ0) is 57.5. The van der Waals surface area contributed by atoms with Crippen LogP contribution in [0.1, 0.15) is 74.8 Å². The Bertz CT molecular complexity index is 2990. The van der Waals surface area contributed by atoms with Crippen molar-refractivity contribution in [3.05, 3.63) is 137 Å². The van der Waals surface area contributed by atoms with Gasteiger partial charge in [-0.3, -0.25) is 33.6 Å². The van der Waals surface area contributed by atoms with Gasteiger partial charge in [-0.05, 0) is 98.0 Å². The summed E-state index contributed by atoms with van der Waals surface area (Å²) in [6.07, 6.45) is 2.67. The number of fused-ring (bicyclic) bond motifs is 2. The summed E-state index contributed by atoms with van der Waals surface area (Å²) >= 11 is 0. The molecule has 13 N–H and O–H groups in total. The van der Waals surface area contributed by atoms with Crippen LogP contribution in [0.25, 0.3) is 10.9 Å². The summed E-state index contributed by atoms with van der Waals surface area (Å²) in [5, 5.41) is 44.1. The molecule has 7 amide bonds. The summed E-state index contributed by atoms with van der Waals surface area (Å²) in [6, 6.07) is 19.7. The van der Waals surface area contributed by atoms with Crippen molar-refractivity contribution in [2.45, 2.75) is 132 Å². The van der Waals surface area contributed by atoms with Crippen LogP contribution in [0, 0.1) is 5.92 Å². The van der Waals surface area contributed by atoms with Gasteiger partial charge in [-0.25, -0.2) is 4.79 Å². The number of hydrogen-bond acceptors (Lipinski definition) is 13. The molecule has 2 aliphatic rings. The molecule has 0 aliphatic carbocycles. The van der Waals surface area contributed by atoms with Crippen molar-refractivity contribution in [3.63, 3.8) is 0 Å². The van der Waals surface area contributed by atoms with Crippen LogP contribution >= 0.6 is 21.6 Å². The van der Waals surface area contributed by atoms with Crippen molar-refractivity contribution in [1.29, 1.82) is 0 Å². The molecular formula is C58H72N10O10S2. The molecule has 8 atom stereocenters. The smallest absolute Gasteiger partial charge is 0.326 e. The first kappa shape index (κ1) is 60.2. The Kier molecular flexibility index (Phi) is 21.2. The summed E-state index contributed by atoms with van der Waals surface area (Å²) < 4.78 is -1.26. The maximum atomic E-state index is 15.2. The number of phenolic OH excluding ortho intramolecular Hbond substituents is 1. The van der Waals surface area contributed by atoms with Crippen LogP contribution in [-0.4, -0.2) is 128 Å². The van der Waals surface area contributed by atoms with E-state index in [9.17, 15) is 39.0 Å². The molecule has 0 bridgehead atoms. The van der Waals surface area contributed by atoms with E-state index < -0.39 is 106 Å². The van der Waals surface area contributed by atoms with Crippen molar-refractivity contribution in [3.8, 4) is 5.75 Å². The number of phenols is 1. The monoisotopic (exact) mass is 1130 g/mol. The van der Waals surface area contributed by atoms with Gasteiger partial charge in [-0.2, -0.15) is 0 Å². The third-order valence-corrected chi connectivity index (χ3v) is 17.6. The van der Waals surface area contributed by atoms with Crippen LogP contribution in [0.3, 0.4) is 0 Å². The second-order valence-electron chi connectivity index (χ2n) is 21.1. The van der Waals surface area contributed by atoms with E-state index in [-0.39, 0.29) is 43.7 Å². The molecule has 426 valence electrons. The molecule has 1 fully saturated rings. The molecule has 20 nitrogen and oxygen atoms in total. The third kappa shape index (κ3) is 16.4. The number of para-hydroxylation sites is 1. The number of aliphatic carboxylic acids is 1. The number of nitrogens with one attached hydrogen (secondary N) is 9. The standard InChI is InChI=1S/C58H72N10O10S2/c1-33(2)48(57(77)78)67-55(75)47-32-79-80-58(3,4)49(68-51(71)43-28-36-16-8-9-17-37(36)30-61-43)56(76)65-45(26-34-14-6-5-7-15-34)52(72)64-46(29-38-31-60-41-19-11-10-18-40(38)41)54(74)62-42(20-12-13-25-59)50(70)63-44(53(73)66-47)27-35-21-23-39(69)24-22-35/h5-11,14-19,21-24,31,33,42-49,60-61,69H,12-13,20,25-30,32,59H2,1-4H3,(H,62,74)(H,63,70)(H,64,72)(H,65,76)(H,66,73)(H,67,75)(H,68,71)(H,77,78)/t42-,43-,44-,45-,46-,47-,48-,49+/m0/s1. The Morgan fingerprint density at radius 1 is 0.675 bits per heavy atom. The van der Waals surface area contributed by atoms with Crippen molar-refractivity contribution >= 4 is 79.8 Å². The van der Waals surface area contributed by atoms with E-state index in [0.717, 1.165) is 43.6 Å². The minimum absolute atomic E-state index is 0.0411. The van der Waals surface area contributed by atoms with Crippen LogP contribution in [0.4, 0.5) is 0 Å². The zero-order valence-electron chi connectivity index (χ0n) is 45.2. The van der Waals surface area contributed by atoms with E-state index in [0.29, 0.717) is 42.5 Å². The number of carboxylic acid groups (broad SMARTS) is 1.